The van der Waals surface area contributed by atoms with E-state index in [9.17, 15) is 14.0 Å². The number of aromatic amines is 1. The number of nitrogens with zero attached hydrogens (tertiary/aromatic N) is 1. The molecule has 0 saturated carbocycles. The van der Waals surface area contributed by atoms with E-state index in [2.05, 4.69) is 15.3 Å². The van der Waals surface area contributed by atoms with E-state index in [0.717, 1.165) is 0 Å². The Kier molecular flexibility index (Phi) is 4.74. The third kappa shape index (κ3) is 3.82. The monoisotopic (exact) mass is 341 g/mol. The Labute approximate surface area is 142 Å². The zero-order valence-electron chi connectivity index (χ0n) is 13.5. The van der Waals surface area contributed by atoms with Crippen LogP contribution in [0.2, 0.25) is 0 Å². The summed E-state index contributed by atoms with van der Waals surface area (Å²) in [7, 11) is 1.46. The zero-order valence-corrected chi connectivity index (χ0v) is 13.5. The Morgan fingerprint density at radius 3 is 2.88 bits per heavy atom. The van der Waals surface area contributed by atoms with Crippen LogP contribution in [0.15, 0.2) is 47.3 Å². The van der Waals surface area contributed by atoms with Crippen molar-refractivity contribution in [3.05, 3.63) is 70.0 Å². The molecule has 1 amide bonds. The molecule has 0 spiro atoms. The predicted octanol–water partition coefficient (Wildman–Crippen LogP) is 1.93. The number of aromatic nitrogens is 2. The number of carbonyl (C=O) groups is 1. The van der Waals surface area contributed by atoms with Gasteiger partial charge in [-0.05, 0) is 30.3 Å². The Morgan fingerprint density at radius 1 is 1.28 bits per heavy atom. The molecule has 3 aromatic rings. The van der Waals surface area contributed by atoms with E-state index < -0.39 is 5.82 Å². The van der Waals surface area contributed by atoms with Crippen LogP contribution in [0.4, 0.5) is 4.39 Å². The third-order valence-corrected chi connectivity index (χ3v) is 3.71. The molecule has 6 nitrogen and oxygen atoms in total. The number of fused-ring (bicyclic) bond motifs is 1. The molecular weight excluding hydrogens is 325 g/mol. The van der Waals surface area contributed by atoms with Crippen LogP contribution in [-0.2, 0) is 17.8 Å². The molecule has 1 heterocycles. The molecule has 0 fully saturated rings. The number of halogens is 1. The van der Waals surface area contributed by atoms with E-state index in [4.69, 9.17) is 4.74 Å². The summed E-state index contributed by atoms with van der Waals surface area (Å²) in [4.78, 5) is 31.0. The molecule has 0 saturated heterocycles. The number of hydrogen-bond donors (Lipinski definition) is 2. The summed E-state index contributed by atoms with van der Waals surface area (Å²) < 4.78 is 18.5. The van der Waals surface area contributed by atoms with Crippen LogP contribution in [0.1, 0.15) is 11.4 Å². The number of H-pyrrole nitrogens is 1. The van der Waals surface area contributed by atoms with Crippen molar-refractivity contribution in [2.45, 2.75) is 13.0 Å². The molecular formula is C18H16FN3O3. The third-order valence-electron chi connectivity index (χ3n) is 3.71. The molecule has 25 heavy (non-hydrogen) atoms. The van der Waals surface area contributed by atoms with E-state index in [0.29, 0.717) is 28.0 Å². The van der Waals surface area contributed by atoms with Gasteiger partial charge in [0, 0.05) is 5.56 Å². The van der Waals surface area contributed by atoms with Crippen molar-refractivity contribution in [2.24, 2.45) is 0 Å². The van der Waals surface area contributed by atoms with Crippen LogP contribution >= 0.6 is 0 Å². The first-order valence-corrected chi connectivity index (χ1v) is 7.64. The molecule has 0 aliphatic heterocycles. The molecule has 0 bridgehead atoms. The fourth-order valence-electron chi connectivity index (χ4n) is 2.52. The van der Waals surface area contributed by atoms with Crippen molar-refractivity contribution in [1.82, 2.24) is 15.3 Å². The summed E-state index contributed by atoms with van der Waals surface area (Å²) >= 11 is 0. The van der Waals surface area contributed by atoms with E-state index in [1.54, 1.807) is 24.3 Å². The average molecular weight is 341 g/mol. The summed E-state index contributed by atoms with van der Waals surface area (Å²) in [5, 5.41) is 3.15. The molecule has 1 aromatic heterocycles. The number of para-hydroxylation sites is 1. The summed E-state index contributed by atoms with van der Waals surface area (Å²) in [6.45, 7) is 0.0660. The first-order valence-electron chi connectivity index (χ1n) is 7.64. The maximum absolute atomic E-state index is 13.3. The van der Waals surface area contributed by atoms with E-state index in [1.165, 1.54) is 25.3 Å². The molecule has 2 N–H and O–H groups in total. The SMILES string of the molecule is COc1ccc(F)cc1CC(=O)NCc1nc2ccccc2c(=O)[nH]1. The minimum absolute atomic E-state index is 0.0429. The lowest BCUT2D eigenvalue weighted by Crippen LogP contribution is -2.27. The van der Waals surface area contributed by atoms with Gasteiger partial charge in [0.15, 0.2) is 0 Å². The Morgan fingerprint density at radius 2 is 2.08 bits per heavy atom. The van der Waals surface area contributed by atoms with E-state index >= 15 is 0 Å². The lowest BCUT2D eigenvalue weighted by atomic mass is 10.1. The summed E-state index contributed by atoms with van der Waals surface area (Å²) in [6, 6.07) is 11.0. The summed E-state index contributed by atoms with van der Waals surface area (Å²) in [5.41, 5.74) is 0.740. The number of carbonyl (C=O) groups excluding carboxylic acids is 1. The highest BCUT2D eigenvalue weighted by Crippen LogP contribution is 2.19. The Bertz CT molecular complexity index is 985. The van der Waals surface area contributed by atoms with Gasteiger partial charge in [-0.3, -0.25) is 9.59 Å². The molecule has 0 radical (unpaired) electrons. The van der Waals surface area contributed by atoms with Crippen LogP contribution in [0, 0.1) is 5.82 Å². The second kappa shape index (κ2) is 7.12. The van der Waals surface area contributed by atoms with Crippen molar-refractivity contribution < 1.29 is 13.9 Å². The smallest absolute Gasteiger partial charge is 0.258 e. The molecule has 2 aromatic carbocycles. The first kappa shape index (κ1) is 16.6. The van der Waals surface area contributed by atoms with Gasteiger partial charge >= 0.3 is 0 Å². The average Bonchev–Trinajstić information content (AvgIpc) is 2.60. The minimum Gasteiger partial charge on any atom is -0.496 e. The van der Waals surface area contributed by atoms with Gasteiger partial charge in [0.05, 0.1) is 31.0 Å². The van der Waals surface area contributed by atoms with Gasteiger partial charge in [0.25, 0.3) is 5.56 Å². The second-order valence-corrected chi connectivity index (χ2v) is 5.44. The van der Waals surface area contributed by atoms with Gasteiger partial charge in [-0.2, -0.15) is 0 Å². The van der Waals surface area contributed by atoms with Crippen LogP contribution < -0.4 is 15.6 Å². The second-order valence-electron chi connectivity index (χ2n) is 5.44. The highest BCUT2D eigenvalue weighted by atomic mass is 19.1. The number of ether oxygens (including phenoxy) is 1. The van der Waals surface area contributed by atoms with Crippen molar-refractivity contribution in [3.63, 3.8) is 0 Å². The van der Waals surface area contributed by atoms with Crippen molar-refractivity contribution >= 4 is 16.8 Å². The molecule has 0 aliphatic rings. The molecule has 0 aliphatic carbocycles. The standard InChI is InChI=1S/C18H16FN3O3/c1-25-15-7-6-12(19)8-11(15)9-17(23)20-10-16-21-14-5-3-2-4-13(14)18(24)22-16/h2-8H,9-10H2,1H3,(H,20,23)(H,21,22,24). The van der Waals surface area contributed by atoms with Crippen LogP contribution in [0.5, 0.6) is 5.75 Å². The number of methoxy groups -OCH3 is 1. The predicted molar refractivity (Wildman–Crippen MR) is 90.9 cm³/mol. The fraction of sp³-hybridized carbons (Fsp3) is 0.167. The molecule has 0 atom stereocenters. The van der Waals surface area contributed by atoms with E-state index in [-0.39, 0.29) is 24.4 Å². The van der Waals surface area contributed by atoms with Gasteiger partial charge in [-0.25, -0.2) is 9.37 Å². The number of hydrogen-bond acceptors (Lipinski definition) is 4. The largest absolute Gasteiger partial charge is 0.496 e. The first-order chi connectivity index (χ1) is 12.1. The minimum atomic E-state index is -0.441. The summed E-state index contributed by atoms with van der Waals surface area (Å²) in [6.07, 6.45) is -0.0429. The van der Waals surface area contributed by atoms with Crippen molar-refractivity contribution in [1.29, 1.82) is 0 Å². The lowest BCUT2D eigenvalue weighted by molar-refractivity contribution is -0.120. The van der Waals surface area contributed by atoms with Gasteiger partial charge in [-0.15, -0.1) is 0 Å². The number of benzene rings is 2. The van der Waals surface area contributed by atoms with Crippen molar-refractivity contribution in [2.75, 3.05) is 7.11 Å². The maximum Gasteiger partial charge on any atom is 0.258 e. The van der Waals surface area contributed by atoms with Gasteiger partial charge < -0.3 is 15.0 Å². The number of nitrogens with one attached hydrogen (secondary N) is 2. The highest BCUT2D eigenvalue weighted by Gasteiger charge is 2.11. The van der Waals surface area contributed by atoms with Gasteiger partial charge in [0.1, 0.15) is 17.4 Å². The quantitative estimate of drug-likeness (QED) is 0.743. The molecule has 3 rings (SSSR count). The molecule has 7 heteroatoms. The molecule has 0 unspecified atom stereocenters. The zero-order chi connectivity index (χ0) is 17.8. The normalized spacial score (nSPS) is 10.6. The lowest BCUT2D eigenvalue weighted by Gasteiger charge is -2.09. The topological polar surface area (TPSA) is 84.1 Å². The van der Waals surface area contributed by atoms with Crippen LogP contribution in [0.3, 0.4) is 0 Å². The number of rotatable bonds is 5. The Balaban J connectivity index is 1.71. The molecule has 128 valence electrons. The fourth-order valence-corrected chi connectivity index (χ4v) is 2.52. The number of amides is 1. The van der Waals surface area contributed by atoms with Gasteiger partial charge in [0.2, 0.25) is 5.91 Å². The highest BCUT2D eigenvalue weighted by molar-refractivity contribution is 5.79. The van der Waals surface area contributed by atoms with E-state index in [1.807, 2.05) is 0 Å². The van der Waals surface area contributed by atoms with Crippen LogP contribution in [-0.4, -0.2) is 23.0 Å². The maximum atomic E-state index is 13.3. The van der Waals surface area contributed by atoms with Crippen molar-refractivity contribution in [3.8, 4) is 5.75 Å². The van der Waals surface area contributed by atoms with Crippen LogP contribution in [0.25, 0.3) is 10.9 Å². The Hall–Kier alpha value is -3.22. The van der Waals surface area contributed by atoms with Gasteiger partial charge in [-0.1, -0.05) is 12.1 Å². The summed E-state index contributed by atoms with van der Waals surface area (Å²) in [5.74, 6) is 0.0147.